The first-order valence-corrected chi connectivity index (χ1v) is 9.00. The summed E-state index contributed by atoms with van der Waals surface area (Å²) >= 11 is 5.51. The molecule has 0 saturated heterocycles. The van der Waals surface area contributed by atoms with Crippen molar-refractivity contribution in [3.8, 4) is 0 Å². The highest BCUT2D eigenvalue weighted by molar-refractivity contribution is 9.10. The highest BCUT2D eigenvalue weighted by atomic mass is 79.9. The van der Waals surface area contributed by atoms with Gasteiger partial charge in [-0.05, 0) is 64.8 Å². The zero-order chi connectivity index (χ0) is 15.4. The van der Waals surface area contributed by atoms with E-state index in [9.17, 15) is 0 Å². The van der Waals surface area contributed by atoms with Crippen molar-refractivity contribution in [2.24, 2.45) is 5.73 Å². The zero-order valence-corrected chi connectivity index (χ0v) is 15.2. The Bertz CT molecular complexity index is 568. The summed E-state index contributed by atoms with van der Waals surface area (Å²) in [6, 6.07) is 11.5. The van der Waals surface area contributed by atoms with Crippen LogP contribution in [0.2, 0.25) is 0 Å². The average molecular weight is 367 g/mol. The maximum absolute atomic E-state index is 6.04. The summed E-state index contributed by atoms with van der Waals surface area (Å²) in [4.78, 5) is 3.68. The van der Waals surface area contributed by atoms with Crippen LogP contribution in [0.1, 0.15) is 36.8 Å². The van der Waals surface area contributed by atoms with Crippen molar-refractivity contribution < 1.29 is 0 Å². The first kappa shape index (κ1) is 16.5. The Morgan fingerprint density at radius 1 is 1.33 bits per heavy atom. The largest absolute Gasteiger partial charge is 0.366 e. The number of anilines is 1. The van der Waals surface area contributed by atoms with E-state index in [-0.39, 0.29) is 6.04 Å². The molecule has 0 saturated carbocycles. The van der Waals surface area contributed by atoms with Crippen LogP contribution < -0.4 is 10.6 Å². The SMILES string of the molecule is CCC(N)Cc1ccc(N(C)C(C)c2cccs2)c(Br)c1. The standard InChI is InChI=1S/C17H23BrN2S/c1-4-14(19)10-13-7-8-16(15(18)11-13)20(3)12(2)17-6-5-9-21-17/h5-9,11-12,14H,4,10,19H2,1-3H3. The summed E-state index contributed by atoms with van der Waals surface area (Å²) in [5.41, 5.74) is 8.54. The van der Waals surface area contributed by atoms with Crippen LogP contribution >= 0.6 is 27.3 Å². The Labute approximate surface area is 140 Å². The predicted octanol–water partition coefficient (Wildman–Crippen LogP) is 4.99. The number of nitrogens with two attached hydrogens (primary N) is 1. The van der Waals surface area contributed by atoms with E-state index in [1.54, 1.807) is 11.3 Å². The van der Waals surface area contributed by atoms with E-state index >= 15 is 0 Å². The molecule has 0 aliphatic heterocycles. The summed E-state index contributed by atoms with van der Waals surface area (Å²) < 4.78 is 1.13. The van der Waals surface area contributed by atoms with Gasteiger partial charge in [0.2, 0.25) is 0 Å². The van der Waals surface area contributed by atoms with Crippen molar-refractivity contribution in [3.05, 3.63) is 50.6 Å². The van der Waals surface area contributed by atoms with Gasteiger partial charge < -0.3 is 10.6 Å². The minimum Gasteiger partial charge on any atom is -0.366 e. The minimum absolute atomic E-state index is 0.241. The Kier molecular flexibility index (Phi) is 5.85. The van der Waals surface area contributed by atoms with Gasteiger partial charge in [0.15, 0.2) is 0 Å². The lowest BCUT2D eigenvalue weighted by molar-refractivity contribution is 0.646. The monoisotopic (exact) mass is 366 g/mol. The van der Waals surface area contributed by atoms with Crippen molar-refractivity contribution in [2.45, 2.75) is 38.8 Å². The molecule has 1 aromatic heterocycles. The summed E-state index contributed by atoms with van der Waals surface area (Å²) in [6.45, 7) is 4.36. The van der Waals surface area contributed by atoms with Crippen molar-refractivity contribution in [1.82, 2.24) is 0 Å². The second-order valence-electron chi connectivity index (χ2n) is 5.46. The van der Waals surface area contributed by atoms with Crippen molar-refractivity contribution in [2.75, 3.05) is 11.9 Å². The normalized spacial score (nSPS) is 14.0. The van der Waals surface area contributed by atoms with Gasteiger partial charge in [0, 0.05) is 22.4 Å². The van der Waals surface area contributed by atoms with Crippen LogP contribution in [-0.2, 0) is 6.42 Å². The molecule has 114 valence electrons. The van der Waals surface area contributed by atoms with Gasteiger partial charge >= 0.3 is 0 Å². The lowest BCUT2D eigenvalue weighted by Crippen LogP contribution is -2.22. The molecule has 0 aliphatic rings. The van der Waals surface area contributed by atoms with Gasteiger partial charge in [-0.3, -0.25) is 0 Å². The molecule has 0 amide bonds. The van der Waals surface area contributed by atoms with Gasteiger partial charge in [0.25, 0.3) is 0 Å². The molecule has 4 heteroatoms. The number of rotatable bonds is 6. The molecule has 0 bridgehead atoms. The van der Waals surface area contributed by atoms with Crippen LogP contribution in [0.15, 0.2) is 40.2 Å². The molecule has 2 unspecified atom stereocenters. The molecule has 1 heterocycles. The first-order valence-electron chi connectivity index (χ1n) is 7.33. The summed E-state index contributed by atoms with van der Waals surface area (Å²) in [7, 11) is 2.14. The topological polar surface area (TPSA) is 29.3 Å². The van der Waals surface area contributed by atoms with E-state index in [0.29, 0.717) is 6.04 Å². The molecular formula is C17H23BrN2S. The third-order valence-corrected chi connectivity index (χ3v) is 5.63. The molecule has 2 rings (SSSR count). The van der Waals surface area contributed by atoms with Crippen molar-refractivity contribution in [3.63, 3.8) is 0 Å². The lowest BCUT2D eigenvalue weighted by Gasteiger charge is -2.27. The zero-order valence-electron chi connectivity index (χ0n) is 12.8. The van der Waals surface area contributed by atoms with Crippen LogP contribution in [0.25, 0.3) is 0 Å². The Hall–Kier alpha value is -0.840. The molecule has 0 radical (unpaired) electrons. The fraction of sp³-hybridized carbons (Fsp3) is 0.412. The van der Waals surface area contributed by atoms with Gasteiger partial charge in [-0.25, -0.2) is 0 Å². The number of hydrogen-bond acceptors (Lipinski definition) is 3. The molecule has 2 N–H and O–H groups in total. The van der Waals surface area contributed by atoms with Crippen LogP contribution in [0, 0.1) is 0 Å². The van der Waals surface area contributed by atoms with Gasteiger partial charge in [-0.1, -0.05) is 19.1 Å². The number of halogens is 1. The van der Waals surface area contributed by atoms with Gasteiger partial charge in [0.05, 0.1) is 11.7 Å². The fourth-order valence-electron chi connectivity index (χ4n) is 2.34. The van der Waals surface area contributed by atoms with E-state index in [1.165, 1.54) is 16.1 Å². The molecule has 2 aromatic rings. The van der Waals surface area contributed by atoms with E-state index in [2.05, 4.69) is 77.4 Å². The molecule has 2 nitrogen and oxygen atoms in total. The van der Waals surface area contributed by atoms with Gasteiger partial charge in [-0.2, -0.15) is 0 Å². The van der Waals surface area contributed by atoms with Gasteiger partial charge in [-0.15, -0.1) is 11.3 Å². The fourth-order valence-corrected chi connectivity index (χ4v) is 3.87. The number of benzene rings is 1. The molecule has 0 fully saturated rings. The maximum atomic E-state index is 6.04. The number of nitrogens with zero attached hydrogens (tertiary/aromatic N) is 1. The van der Waals surface area contributed by atoms with Gasteiger partial charge in [0.1, 0.15) is 0 Å². The third kappa shape index (κ3) is 4.09. The Morgan fingerprint density at radius 3 is 2.67 bits per heavy atom. The highest BCUT2D eigenvalue weighted by Crippen LogP contribution is 2.33. The van der Waals surface area contributed by atoms with Crippen molar-refractivity contribution >= 4 is 33.0 Å². The van der Waals surface area contributed by atoms with E-state index in [1.807, 2.05) is 0 Å². The van der Waals surface area contributed by atoms with Crippen molar-refractivity contribution in [1.29, 1.82) is 0 Å². The average Bonchev–Trinajstić information content (AvgIpc) is 3.00. The molecule has 1 aromatic carbocycles. The van der Waals surface area contributed by atoms with E-state index in [0.717, 1.165) is 17.3 Å². The van der Waals surface area contributed by atoms with Crippen LogP contribution in [-0.4, -0.2) is 13.1 Å². The highest BCUT2D eigenvalue weighted by Gasteiger charge is 2.16. The lowest BCUT2D eigenvalue weighted by atomic mass is 10.0. The summed E-state index contributed by atoms with van der Waals surface area (Å²) in [5.74, 6) is 0. The molecule has 0 spiro atoms. The summed E-state index contributed by atoms with van der Waals surface area (Å²) in [6.07, 6.45) is 1.94. The van der Waals surface area contributed by atoms with Crippen LogP contribution in [0.3, 0.4) is 0 Å². The minimum atomic E-state index is 0.241. The first-order chi connectivity index (χ1) is 10.0. The Morgan fingerprint density at radius 2 is 2.10 bits per heavy atom. The third-order valence-electron chi connectivity index (χ3n) is 3.95. The smallest absolute Gasteiger partial charge is 0.0604 e. The molecule has 0 aliphatic carbocycles. The van der Waals surface area contributed by atoms with E-state index in [4.69, 9.17) is 5.73 Å². The molecule has 21 heavy (non-hydrogen) atoms. The molecular weight excluding hydrogens is 344 g/mol. The number of hydrogen-bond donors (Lipinski definition) is 1. The maximum Gasteiger partial charge on any atom is 0.0604 e. The Balaban J connectivity index is 2.16. The van der Waals surface area contributed by atoms with E-state index < -0.39 is 0 Å². The number of thiophene rings is 1. The molecule has 2 atom stereocenters. The van der Waals surface area contributed by atoms with Crippen LogP contribution in [0.4, 0.5) is 5.69 Å². The second kappa shape index (κ2) is 7.43. The van der Waals surface area contributed by atoms with Crippen LogP contribution in [0.5, 0.6) is 0 Å². The second-order valence-corrected chi connectivity index (χ2v) is 7.29. The quantitative estimate of drug-likeness (QED) is 0.780. The predicted molar refractivity (Wildman–Crippen MR) is 97.2 cm³/mol. The summed E-state index contributed by atoms with van der Waals surface area (Å²) in [5, 5.41) is 2.13.